The molecular formula is C15H15N5. The van der Waals surface area contributed by atoms with Crippen molar-refractivity contribution >= 4 is 5.82 Å². The zero-order valence-corrected chi connectivity index (χ0v) is 11.5. The molecule has 100 valence electrons. The summed E-state index contributed by atoms with van der Waals surface area (Å²) in [5.74, 6) is 2.21. The minimum Gasteiger partial charge on any atom is -0.373 e. The molecule has 5 heteroatoms. The second kappa shape index (κ2) is 4.89. The third kappa shape index (κ3) is 2.21. The molecule has 1 aliphatic carbocycles. The zero-order chi connectivity index (χ0) is 14.1. The van der Waals surface area contributed by atoms with Crippen LogP contribution in [0.3, 0.4) is 0 Å². The van der Waals surface area contributed by atoms with E-state index in [-0.39, 0.29) is 0 Å². The van der Waals surface area contributed by atoms with E-state index in [1.807, 2.05) is 20.0 Å². The lowest BCUT2D eigenvalue weighted by molar-refractivity contribution is 0.923. The van der Waals surface area contributed by atoms with Crippen LogP contribution in [0.5, 0.6) is 0 Å². The molecule has 0 amide bonds. The van der Waals surface area contributed by atoms with Crippen molar-refractivity contribution in [3.63, 3.8) is 0 Å². The Labute approximate surface area is 117 Å². The summed E-state index contributed by atoms with van der Waals surface area (Å²) in [5.41, 5.74) is 3.24. The van der Waals surface area contributed by atoms with Crippen LogP contribution in [0, 0.1) is 18.3 Å². The van der Waals surface area contributed by atoms with Gasteiger partial charge in [-0.25, -0.2) is 9.97 Å². The van der Waals surface area contributed by atoms with Crippen molar-refractivity contribution in [3.8, 4) is 17.3 Å². The van der Waals surface area contributed by atoms with Crippen LogP contribution in [0.2, 0.25) is 0 Å². The Hall–Kier alpha value is -2.48. The summed E-state index contributed by atoms with van der Waals surface area (Å²) in [6, 6.07) is 3.93. The number of hydrogen-bond donors (Lipinski definition) is 1. The van der Waals surface area contributed by atoms with Crippen molar-refractivity contribution in [2.24, 2.45) is 0 Å². The van der Waals surface area contributed by atoms with Crippen LogP contribution in [0.1, 0.15) is 35.7 Å². The maximum absolute atomic E-state index is 9.00. The Morgan fingerprint density at radius 3 is 2.75 bits per heavy atom. The van der Waals surface area contributed by atoms with E-state index in [2.05, 4.69) is 26.3 Å². The van der Waals surface area contributed by atoms with Crippen molar-refractivity contribution in [1.82, 2.24) is 15.0 Å². The van der Waals surface area contributed by atoms with Gasteiger partial charge in [-0.15, -0.1) is 0 Å². The van der Waals surface area contributed by atoms with Crippen molar-refractivity contribution in [2.45, 2.75) is 25.7 Å². The molecule has 0 atom stereocenters. The maximum Gasteiger partial charge on any atom is 0.134 e. The van der Waals surface area contributed by atoms with Crippen molar-refractivity contribution in [2.75, 3.05) is 12.4 Å². The molecule has 2 aromatic heterocycles. The van der Waals surface area contributed by atoms with Crippen molar-refractivity contribution < 1.29 is 0 Å². The molecule has 0 spiro atoms. The summed E-state index contributed by atoms with van der Waals surface area (Å²) in [4.78, 5) is 13.4. The second-order valence-corrected chi connectivity index (χ2v) is 5.00. The molecule has 0 bridgehead atoms. The van der Waals surface area contributed by atoms with Gasteiger partial charge in [0, 0.05) is 36.5 Å². The topological polar surface area (TPSA) is 74.5 Å². The summed E-state index contributed by atoms with van der Waals surface area (Å²) in [7, 11) is 1.86. The summed E-state index contributed by atoms with van der Waals surface area (Å²) in [6.45, 7) is 1.98. The minimum atomic E-state index is 0.480. The molecule has 0 unspecified atom stereocenters. The average molecular weight is 265 g/mol. The van der Waals surface area contributed by atoms with E-state index < -0.39 is 0 Å². The lowest BCUT2D eigenvalue weighted by Crippen LogP contribution is -2.04. The van der Waals surface area contributed by atoms with Gasteiger partial charge in [-0.3, -0.25) is 4.98 Å². The van der Waals surface area contributed by atoms with Gasteiger partial charge in [0.1, 0.15) is 17.7 Å². The van der Waals surface area contributed by atoms with E-state index in [9.17, 15) is 0 Å². The van der Waals surface area contributed by atoms with Gasteiger partial charge < -0.3 is 5.32 Å². The molecule has 0 aromatic carbocycles. The van der Waals surface area contributed by atoms with Gasteiger partial charge in [-0.1, -0.05) is 0 Å². The molecule has 2 aromatic rings. The summed E-state index contributed by atoms with van der Waals surface area (Å²) >= 11 is 0. The predicted octanol–water partition coefficient (Wildman–Crippen LogP) is 2.64. The number of nitrogens with zero attached hydrogens (tertiary/aromatic N) is 4. The first kappa shape index (κ1) is 12.5. The van der Waals surface area contributed by atoms with Gasteiger partial charge in [0.2, 0.25) is 0 Å². The average Bonchev–Trinajstić information content (AvgIpc) is 3.32. The SMILES string of the molecule is CNc1nc(C2CC2)nc(-c2cncc(C#N)c2)c1C. The first-order chi connectivity index (χ1) is 9.72. The van der Waals surface area contributed by atoms with Gasteiger partial charge in [0.05, 0.1) is 11.3 Å². The molecule has 3 rings (SSSR count). The predicted molar refractivity (Wildman–Crippen MR) is 76.2 cm³/mol. The molecule has 20 heavy (non-hydrogen) atoms. The molecular weight excluding hydrogens is 250 g/mol. The Morgan fingerprint density at radius 1 is 1.30 bits per heavy atom. The third-order valence-electron chi connectivity index (χ3n) is 3.48. The lowest BCUT2D eigenvalue weighted by atomic mass is 10.1. The highest BCUT2D eigenvalue weighted by Gasteiger charge is 2.28. The van der Waals surface area contributed by atoms with Gasteiger partial charge in [0.15, 0.2) is 0 Å². The van der Waals surface area contributed by atoms with Crippen LogP contribution in [0.4, 0.5) is 5.82 Å². The highest BCUT2D eigenvalue weighted by Crippen LogP contribution is 2.40. The molecule has 1 fully saturated rings. The summed E-state index contributed by atoms with van der Waals surface area (Å²) in [5, 5.41) is 12.1. The van der Waals surface area contributed by atoms with E-state index >= 15 is 0 Å². The van der Waals surface area contributed by atoms with Gasteiger partial charge >= 0.3 is 0 Å². The number of pyridine rings is 1. The molecule has 5 nitrogen and oxygen atoms in total. The number of nitrogens with one attached hydrogen (secondary N) is 1. The molecule has 1 N–H and O–H groups in total. The number of aromatic nitrogens is 3. The van der Waals surface area contributed by atoms with Crippen molar-refractivity contribution in [1.29, 1.82) is 5.26 Å². The fourth-order valence-corrected chi connectivity index (χ4v) is 2.21. The highest BCUT2D eigenvalue weighted by molar-refractivity contribution is 5.68. The lowest BCUT2D eigenvalue weighted by Gasteiger charge is -2.12. The maximum atomic E-state index is 9.00. The highest BCUT2D eigenvalue weighted by atomic mass is 15.0. The number of rotatable bonds is 3. The van der Waals surface area contributed by atoms with Crippen LogP contribution < -0.4 is 5.32 Å². The van der Waals surface area contributed by atoms with Gasteiger partial charge in [-0.05, 0) is 25.8 Å². The van der Waals surface area contributed by atoms with Crippen LogP contribution in [-0.2, 0) is 0 Å². The van der Waals surface area contributed by atoms with E-state index in [1.54, 1.807) is 12.4 Å². The zero-order valence-electron chi connectivity index (χ0n) is 11.5. The molecule has 0 aliphatic heterocycles. The van der Waals surface area contributed by atoms with E-state index in [1.165, 1.54) is 0 Å². The Balaban J connectivity index is 2.16. The summed E-state index contributed by atoms with van der Waals surface area (Å²) < 4.78 is 0. The van der Waals surface area contributed by atoms with E-state index in [4.69, 9.17) is 5.26 Å². The van der Waals surface area contributed by atoms with Crippen LogP contribution in [-0.4, -0.2) is 22.0 Å². The first-order valence-corrected chi connectivity index (χ1v) is 6.64. The van der Waals surface area contributed by atoms with Crippen LogP contribution in [0.15, 0.2) is 18.5 Å². The quantitative estimate of drug-likeness (QED) is 0.923. The van der Waals surface area contributed by atoms with E-state index in [0.717, 1.165) is 41.3 Å². The van der Waals surface area contributed by atoms with Crippen LogP contribution >= 0.6 is 0 Å². The van der Waals surface area contributed by atoms with Gasteiger partial charge in [-0.2, -0.15) is 5.26 Å². The fraction of sp³-hybridized carbons (Fsp3) is 0.333. The summed E-state index contributed by atoms with van der Waals surface area (Å²) in [6.07, 6.45) is 5.61. The standard InChI is InChI=1S/C15H15N5/c1-9-13(12-5-10(6-16)7-18-8-12)19-15(11-3-4-11)20-14(9)17-2/h5,7-8,11H,3-4H2,1-2H3,(H,17,19,20). The first-order valence-electron chi connectivity index (χ1n) is 6.64. The molecule has 1 saturated carbocycles. The second-order valence-electron chi connectivity index (χ2n) is 5.00. The van der Waals surface area contributed by atoms with Crippen LogP contribution in [0.25, 0.3) is 11.3 Å². The largest absolute Gasteiger partial charge is 0.373 e. The molecule has 1 aliphatic rings. The Kier molecular flexibility index (Phi) is 3.07. The molecule has 0 saturated heterocycles. The third-order valence-corrected chi connectivity index (χ3v) is 3.48. The van der Waals surface area contributed by atoms with Crippen molar-refractivity contribution in [3.05, 3.63) is 35.4 Å². The van der Waals surface area contributed by atoms with Gasteiger partial charge in [0.25, 0.3) is 0 Å². The molecule has 0 radical (unpaired) electrons. The number of anilines is 1. The number of hydrogen-bond acceptors (Lipinski definition) is 5. The normalized spacial score (nSPS) is 13.8. The smallest absolute Gasteiger partial charge is 0.134 e. The minimum absolute atomic E-state index is 0.480. The monoisotopic (exact) mass is 265 g/mol. The number of nitriles is 1. The Bertz CT molecular complexity index is 698. The molecule has 2 heterocycles. The fourth-order valence-electron chi connectivity index (χ4n) is 2.21. The van der Waals surface area contributed by atoms with E-state index in [0.29, 0.717) is 11.5 Å². The Morgan fingerprint density at radius 2 is 2.10 bits per heavy atom.